The molecule has 0 aliphatic heterocycles. The van der Waals surface area contributed by atoms with Gasteiger partial charge in [0.15, 0.2) is 0 Å². The van der Waals surface area contributed by atoms with Gasteiger partial charge < -0.3 is 24.8 Å². The summed E-state index contributed by atoms with van der Waals surface area (Å²) in [6.45, 7) is 6.37. The van der Waals surface area contributed by atoms with Gasteiger partial charge in [0.25, 0.3) is 0 Å². The van der Waals surface area contributed by atoms with Crippen molar-refractivity contribution in [2.75, 3.05) is 0 Å². The number of hydrogen-bond donors (Lipinski definition) is 0. The molecular formula is C28H26Cl2Zr-2. The molecule has 0 radical (unpaired) electrons. The predicted molar refractivity (Wildman–Crippen MR) is 126 cm³/mol. The third-order valence-corrected chi connectivity index (χ3v) is 4.53. The van der Waals surface area contributed by atoms with E-state index < -0.39 is 0 Å². The molecule has 0 nitrogen and oxygen atoms in total. The molecule has 0 aromatic heterocycles. The second-order valence-electron chi connectivity index (χ2n) is 7.36. The molecule has 3 heteroatoms. The molecule has 0 spiro atoms. The van der Waals surface area contributed by atoms with Crippen molar-refractivity contribution in [2.24, 2.45) is 0 Å². The zero-order valence-electron chi connectivity index (χ0n) is 18.1. The minimum atomic E-state index is 0. The average molecular weight is 525 g/mol. The zero-order valence-corrected chi connectivity index (χ0v) is 22.0. The summed E-state index contributed by atoms with van der Waals surface area (Å²) < 4.78 is 1.51. The molecule has 0 heterocycles. The number of fused-ring (bicyclic) bond motifs is 2. The maximum absolute atomic E-state index is 2.20. The van der Waals surface area contributed by atoms with E-state index in [-0.39, 0.29) is 24.8 Å². The van der Waals surface area contributed by atoms with E-state index in [0.29, 0.717) is 0 Å². The molecule has 31 heavy (non-hydrogen) atoms. The van der Waals surface area contributed by atoms with Crippen molar-refractivity contribution in [3.63, 3.8) is 0 Å². The van der Waals surface area contributed by atoms with Gasteiger partial charge in [-0.1, -0.05) is 55.0 Å². The monoisotopic (exact) mass is 522 g/mol. The van der Waals surface area contributed by atoms with Crippen LogP contribution in [0.25, 0.3) is 32.7 Å². The van der Waals surface area contributed by atoms with Gasteiger partial charge in [0.2, 0.25) is 0 Å². The predicted octanol–water partition coefficient (Wildman–Crippen LogP) is 1.85. The van der Waals surface area contributed by atoms with Crippen molar-refractivity contribution < 1.29 is 49.0 Å². The summed E-state index contributed by atoms with van der Waals surface area (Å²) in [6.07, 6.45) is 0. The van der Waals surface area contributed by atoms with Crippen LogP contribution in [0.3, 0.4) is 0 Å². The Morgan fingerprint density at radius 1 is 0.742 bits per heavy atom. The Labute approximate surface area is 213 Å². The SMILES string of the molecule is C[C](C)=[Zr+2].Cc1cc2ccccc2[cH-]1.[Cl-].[Cl-].c1ccc(-c2cccc3[cH-]ccc23)cc1. The first-order valence-corrected chi connectivity index (χ1v) is 11.1. The molecule has 0 saturated heterocycles. The number of aryl methyl sites for hydroxylation is 1. The average Bonchev–Trinajstić information content (AvgIpc) is 3.33. The normalized spacial score (nSPS) is 9.45. The van der Waals surface area contributed by atoms with Gasteiger partial charge in [-0.05, 0) is 5.56 Å². The molecule has 0 unspecified atom stereocenters. The summed E-state index contributed by atoms with van der Waals surface area (Å²) in [5, 5.41) is 5.35. The fourth-order valence-corrected chi connectivity index (χ4v) is 3.34. The van der Waals surface area contributed by atoms with E-state index in [1.165, 1.54) is 41.4 Å². The van der Waals surface area contributed by atoms with Crippen LogP contribution in [0, 0.1) is 6.92 Å². The molecule has 0 atom stereocenters. The van der Waals surface area contributed by atoms with Gasteiger partial charge >= 0.3 is 41.3 Å². The number of rotatable bonds is 1. The Hall–Kier alpha value is -1.79. The second-order valence-corrected chi connectivity index (χ2v) is 9.82. The van der Waals surface area contributed by atoms with Crippen molar-refractivity contribution in [1.29, 1.82) is 0 Å². The first kappa shape index (κ1) is 27.2. The summed E-state index contributed by atoms with van der Waals surface area (Å²) in [4.78, 5) is 0. The molecule has 0 fully saturated rings. The molecule has 0 saturated carbocycles. The molecule has 0 bridgehead atoms. The molecule has 5 aromatic carbocycles. The molecular weight excluding hydrogens is 498 g/mol. The van der Waals surface area contributed by atoms with Crippen LogP contribution in [0.1, 0.15) is 19.4 Å². The smallest absolute Gasteiger partial charge is 0.0279 e. The van der Waals surface area contributed by atoms with Crippen molar-refractivity contribution in [2.45, 2.75) is 20.8 Å². The first-order chi connectivity index (χ1) is 14.0. The van der Waals surface area contributed by atoms with Gasteiger partial charge in [-0.2, -0.15) is 18.2 Å². The maximum Gasteiger partial charge on any atom is -0.0279 e. The van der Waals surface area contributed by atoms with Crippen molar-refractivity contribution >= 4 is 24.8 Å². The van der Waals surface area contributed by atoms with E-state index in [4.69, 9.17) is 0 Å². The van der Waals surface area contributed by atoms with Gasteiger partial charge in [-0.15, -0.1) is 69.6 Å². The summed E-state index contributed by atoms with van der Waals surface area (Å²) in [5.41, 5.74) is 3.95. The van der Waals surface area contributed by atoms with Gasteiger partial charge in [-0.25, -0.2) is 0 Å². The molecule has 0 aliphatic rings. The summed E-state index contributed by atoms with van der Waals surface area (Å²) in [7, 11) is 0. The molecule has 158 valence electrons. The fourth-order valence-electron chi connectivity index (χ4n) is 3.34. The van der Waals surface area contributed by atoms with E-state index in [1.54, 1.807) is 24.2 Å². The quantitative estimate of drug-likeness (QED) is 0.294. The minimum absolute atomic E-state index is 0. The Balaban J connectivity index is 0.000000263. The van der Waals surface area contributed by atoms with Crippen molar-refractivity contribution in [3.05, 3.63) is 109 Å². The van der Waals surface area contributed by atoms with Crippen LogP contribution in [0.5, 0.6) is 0 Å². The third kappa shape index (κ3) is 8.00. The largest absolute Gasteiger partial charge is 1.00 e. The molecule has 0 amide bonds. The van der Waals surface area contributed by atoms with Crippen LogP contribution in [0.4, 0.5) is 0 Å². The van der Waals surface area contributed by atoms with Crippen LogP contribution < -0.4 is 24.8 Å². The van der Waals surface area contributed by atoms with E-state index in [2.05, 4.69) is 124 Å². The number of hydrogen-bond acceptors (Lipinski definition) is 0. The van der Waals surface area contributed by atoms with Crippen LogP contribution >= 0.6 is 0 Å². The standard InChI is InChI=1S/C15H11.C10H9.C3H6.2ClH.Zr/c1-2-6-12(7-3-1)14-10-4-8-13-9-5-11-15(13)14;1-8-6-9-4-2-3-5-10(9)7-8;1-3-2;;;/h1-11H;2-7H,1H3;1-2H3;2*1H;/q2*-1;;;;+2/p-2. The van der Waals surface area contributed by atoms with Gasteiger partial charge in [0, 0.05) is 0 Å². The van der Waals surface area contributed by atoms with E-state index in [0.717, 1.165) is 0 Å². The van der Waals surface area contributed by atoms with Crippen LogP contribution in [-0.4, -0.2) is 3.21 Å². The third-order valence-electron chi connectivity index (χ3n) is 4.53. The molecule has 0 N–H and O–H groups in total. The topological polar surface area (TPSA) is 0 Å². The van der Waals surface area contributed by atoms with Crippen LogP contribution in [0.15, 0.2) is 103 Å². The zero-order chi connectivity index (χ0) is 20.6. The first-order valence-electron chi connectivity index (χ1n) is 9.88. The molecule has 0 aliphatic carbocycles. The maximum atomic E-state index is 2.20. The molecule has 5 aromatic rings. The summed E-state index contributed by atoms with van der Waals surface area (Å²) >= 11 is 1.55. The second kappa shape index (κ2) is 13.6. The number of halogens is 2. The Kier molecular flexibility index (Phi) is 11.9. The fraction of sp³-hybridized carbons (Fsp3) is 0.107. The van der Waals surface area contributed by atoms with Gasteiger partial charge in [-0.3, -0.25) is 0 Å². The van der Waals surface area contributed by atoms with Crippen molar-refractivity contribution in [1.82, 2.24) is 0 Å². The van der Waals surface area contributed by atoms with Crippen LogP contribution in [-0.2, 0) is 24.2 Å². The number of benzene rings is 3. The van der Waals surface area contributed by atoms with E-state index in [1.807, 2.05) is 0 Å². The van der Waals surface area contributed by atoms with Gasteiger partial charge in [0.1, 0.15) is 0 Å². The van der Waals surface area contributed by atoms with E-state index in [9.17, 15) is 0 Å². The van der Waals surface area contributed by atoms with Crippen molar-refractivity contribution in [3.8, 4) is 11.1 Å². The van der Waals surface area contributed by atoms with E-state index >= 15 is 0 Å². The summed E-state index contributed by atoms with van der Waals surface area (Å²) in [6, 6.07) is 36.2. The Morgan fingerprint density at radius 2 is 1.35 bits per heavy atom. The van der Waals surface area contributed by atoms with Crippen LogP contribution in [0.2, 0.25) is 0 Å². The molecule has 5 rings (SSSR count). The minimum Gasteiger partial charge on any atom is -1.00 e. The summed E-state index contributed by atoms with van der Waals surface area (Å²) in [5.74, 6) is 0. The Morgan fingerprint density at radius 3 is 2.03 bits per heavy atom. The van der Waals surface area contributed by atoms with Gasteiger partial charge in [0.05, 0.1) is 0 Å². The Bertz CT molecular complexity index is 1160.